The Morgan fingerprint density at radius 2 is 1.92 bits per heavy atom. The Labute approximate surface area is 148 Å². The average Bonchev–Trinajstić information content (AvgIpc) is 2.57. The molecule has 0 saturated carbocycles. The summed E-state index contributed by atoms with van der Waals surface area (Å²) in [5.74, 6) is 0.490. The van der Waals surface area contributed by atoms with Gasteiger partial charge in [-0.15, -0.1) is 6.58 Å². The number of hydrogen-bond acceptors (Lipinski definition) is 2. The number of allylic oxidation sites excluding steroid dienone is 1. The molecule has 0 heterocycles. The quantitative estimate of drug-likeness (QED) is 0.563. The van der Waals surface area contributed by atoms with Crippen molar-refractivity contribution in [2.45, 2.75) is 45.6 Å². The van der Waals surface area contributed by atoms with Crippen molar-refractivity contribution in [2.75, 3.05) is 7.05 Å². The molecule has 0 fully saturated rings. The lowest BCUT2D eigenvalue weighted by Gasteiger charge is -2.31. The van der Waals surface area contributed by atoms with Gasteiger partial charge in [0.05, 0.1) is 6.04 Å². The van der Waals surface area contributed by atoms with Gasteiger partial charge in [-0.05, 0) is 43.0 Å². The Bertz CT molecular complexity index is 610. The lowest BCUT2D eigenvalue weighted by atomic mass is 9.92. The fraction of sp³-hybridized carbons (Fsp3) is 0.364. The van der Waals surface area contributed by atoms with Crippen molar-refractivity contribution in [3.8, 4) is 0 Å². The van der Waals surface area contributed by atoms with Gasteiger partial charge >= 0.3 is 0 Å². The van der Waals surface area contributed by atoms with E-state index in [0.29, 0.717) is 5.92 Å². The summed E-state index contributed by atoms with van der Waals surface area (Å²) in [5, 5.41) is 3.10. The van der Waals surface area contributed by atoms with E-state index in [0.717, 1.165) is 24.2 Å². The van der Waals surface area contributed by atoms with Crippen molar-refractivity contribution in [1.82, 2.24) is 10.2 Å². The van der Waals surface area contributed by atoms with E-state index in [9.17, 15) is 0 Å². The minimum absolute atomic E-state index is 0.141. The molecule has 2 heteroatoms. The van der Waals surface area contributed by atoms with Crippen molar-refractivity contribution in [1.29, 1.82) is 0 Å². The van der Waals surface area contributed by atoms with Crippen LogP contribution in [0.25, 0.3) is 5.70 Å². The number of nitrogens with zero attached hydrogens (tertiary/aromatic N) is 1. The summed E-state index contributed by atoms with van der Waals surface area (Å²) >= 11 is 0. The minimum Gasteiger partial charge on any atom is -0.392 e. The molecule has 2 nitrogen and oxygen atoms in total. The molecule has 1 unspecified atom stereocenters. The van der Waals surface area contributed by atoms with Crippen LogP contribution in [0.15, 0.2) is 62.5 Å². The van der Waals surface area contributed by atoms with Crippen LogP contribution >= 0.6 is 0 Å². The molecule has 1 rings (SSSR count). The minimum atomic E-state index is 0.141. The third-order valence-corrected chi connectivity index (χ3v) is 4.54. The highest BCUT2D eigenvalue weighted by Gasteiger charge is 2.18. The predicted molar refractivity (Wildman–Crippen MR) is 108 cm³/mol. The average molecular weight is 325 g/mol. The monoisotopic (exact) mass is 324 g/mol. The first-order valence-corrected chi connectivity index (χ1v) is 8.55. The number of nitrogens with one attached hydrogen (secondary N) is 1. The van der Waals surface area contributed by atoms with Gasteiger partial charge in [-0.1, -0.05) is 57.9 Å². The topological polar surface area (TPSA) is 15.3 Å². The summed E-state index contributed by atoms with van der Waals surface area (Å²) in [6, 6.07) is 6.57. The van der Waals surface area contributed by atoms with E-state index in [1.54, 1.807) is 0 Å². The van der Waals surface area contributed by atoms with Crippen molar-refractivity contribution in [3.63, 3.8) is 0 Å². The maximum absolute atomic E-state index is 4.34. The number of hydrogen-bond donors (Lipinski definition) is 1. The molecule has 0 amide bonds. The van der Waals surface area contributed by atoms with E-state index in [4.69, 9.17) is 0 Å². The summed E-state index contributed by atoms with van der Waals surface area (Å²) in [6.07, 6.45) is 5.60. The first-order chi connectivity index (χ1) is 11.4. The Balaban J connectivity index is 3.09. The fourth-order valence-electron chi connectivity index (χ4n) is 2.99. The van der Waals surface area contributed by atoms with Crippen LogP contribution in [-0.2, 0) is 0 Å². The van der Waals surface area contributed by atoms with Gasteiger partial charge in [0.2, 0.25) is 0 Å². The normalized spacial score (nSPS) is 11.7. The lowest BCUT2D eigenvalue weighted by Crippen LogP contribution is -2.28. The fourth-order valence-corrected chi connectivity index (χ4v) is 2.99. The first-order valence-electron chi connectivity index (χ1n) is 8.55. The summed E-state index contributed by atoms with van der Waals surface area (Å²) < 4.78 is 0. The van der Waals surface area contributed by atoms with Crippen LogP contribution < -0.4 is 5.32 Å². The van der Waals surface area contributed by atoms with Crippen molar-refractivity contribution in [3.05, 3.63) is 79.2 Å². The number of rotatable bonds is 10. The van der Waals surface area contributed by atoms with E-state index in [1.807, 2.05) is 19.3 Å². The highest BCUT2D eigenvalue weighted by molar-refractivity contribution is 5.67. The Morgan fingerprint density at radius 1 is 1.25 bits per heavy atom. The number of benzene rings is 1. The second kappa shape index (κ2) is 9.17. The summed E-state index contributed by atoms with van der Waals surface area (Å²) in [6.45, 7) is 22.9. The third kappa shape index (κ3) is 4.64. The van der Waals surface area contributed by atoms with Gasteiger partial charge in [-0.2, -0.15) is 0 Å². The zero-order valence-electron chi connectivity index (χ0n) is 15.7. The van der Waals surface area contributed by atoms with Crippen LogP contribution in [0, 0.1) is 6.92 Å². The van der Waals surface area contributed by atoms with Crippen LogP contribution in [0.1, 0.15) is 49.3 Å². The predicted octanol–water partition coefficient (Wildman–Crippen LogP) is 5.60. The van der Waals surface area contributed by atoms with Crippen LogP contribution in [0.3, 0.4) is 0 Å². The Hall–Kier alpha value is -2.22. The van der Waals surface area contributed by atoms with Crippen LogP contribution in [0.2, 0.25) is 0 Å². The molecule has 1 aromatic carbocycles. The van der Waals surface area contributed by atoms with Crippen LogP contribution in [-0.4, -0.2) is 18.0 Å². The van der Waals surface area contributed by atoms with Crippen LogP contribution in [0.4, 0.5) is 0 Å². The second-order valence-corrected chi connectivity index (χ2v) is 6.41. The van der Waals surface area contributed by atoms with Gasteiger partial charge in [0.15, 0.2) is 0 Å². The standard InChI is InChI=1S/C22H32N2/c1-9-20(15-14-17(5)23-8)24(10-2)19(7)22-13-11-12-21(16(3)4)18(22)6/h9-13,16,20,23H,1-2,5,7,14-15H2,3-4,6,8H3. The van der Waals surface area contributed by atoms with Crippen molar-refractivity contribution < 1.29 is 0 Å². The van der Waals surface area contributed by atoms with Gasteiger partial charge in [-0.25, -0.2) is 0 Å². The molecule has 24 heavy (non-hydrogen) atoms. The third-order valence-electron chi connectivity index (χ3n) is 4.54. The maximum Gasteiger partial charge on any atom is 0.0517 e. The van der Waals surface area contributed by atoms with E-state index in [-0.39, 0.29) is 6.04 Å². The van der Waals surface area contributed by atoms with E-state index >= 15 is 0 Å². The highest BCUT2D eigenvalue weighted by Crippen LogP contribution is 2.30. The summed E-state index contributed by atoms with van der Waals surface area (Å²) in [4.78, 5) is 2.11. The SMILES string of the molecule is C=CC(CCC(=C)NC)N(C=C)C(=C)c1cccc(C(C)C)c1C. The van der Waals surface area contributed by atoms with Gasteiger partial charge in [0.25, 0.3) is 0 Å². The van der Waals surface area contributed by atoms with Crippen molar-refractivity contribution in [2.24, 2.45) is 0 Å². The molecule has 0 aliphatic heterocycles. The van der Waals surface area contributed by atoms with E-state index < -0.39 is 0 Å². The molecular formula is C22H32N2. The highest BCUT2D eigenvalue weighted by atomic mass is 15.1. The second-order valence-electron chi connectivity index (χ2n) is 6.41. The molecule has 1 atom stereocenters. The Morgan fingerprint density at radius 3 is 2.42 bits per heavy atom. The molecule has 0 radical (unpaired) electrons. The molecule has 0 bridgehead atoms. The van der Waals surface area contributed by atoms with Gasteiger partial charge in [0, 0.05) is 24.0 Å². The lowest BCUT2D eigenvalue weighted by molar-refractivity contribution is 0.422. The van der Waals surface area contributed by atoms with Crippen LogP contribution in [0.5, 0.6) is 0 Å². The first kappa shape index (κ1) is 19.8. The zero-order chi connectivity index (χ0) is 18.3. The van der Waals surface area contributed by atoms with Gasteiger partial charge in [-0.3, -0.25) is 0 Å². The molecule has 0 aliphatic rings. The summed E-state index contributed by atoms with van der Waals surface area (Å²) in [5.41, 5.74) is 5.79. The molecule has 0 saturated heterocycles. The van der Waals surface area contributed by atoms with E-state index in [2.05, 4.69) is 75.5 Å². The largest absolute Gasteiger partial charge is 0.392 e. The molecule has 130 valence electrons. The van der Waals surface area contributed by atoms with Gasteiger partial charge in [0.1, 0.15) is 0 Å². The maximum atomic E-state index is 4.34. The molecule has 1 N–H and O–H groups in total. The Kier molecular flexibility index (Phi) is 7.57. The van der Waals surface area contributed by atoms with Crippen molar-refractivity contribution >= 4 is 5.70 Å². The molecule has 0 spiro atoms. The zero-order valence-corrected chi connectivity index (χ0v) is 15.7. The molecule has 0 aromatic heterocycles. The van der Waals surface area contributed by atoms with Gasteiger partial charge < -0.3 is 10.2 Å². The smallest absolute Gasteiger partial charge is 0.0517 e. The molecular weight excluding hydrogens is 292 g/mol. The molecule has 0 aliphatic carbocycles. The van der Waals surface area contributed by atoms with E-state index in [1.165, 1.54) is 16.7 Å². The summed E-state index contributed by atoms with van der Waals surface area (Å²) in [7, 11) is 1.90. The molecule has 1 aromatic rings.